The van der Waals surface area contributed by atoms with E-state index in [4.69, 9.17) is 5.41 Å². The highest BCUT2D eigenvalue weighted by Gasteiger charge is 2.08. The Labute approximate surface area is 171 Å². The minimum absolute atomic E-state index is 0.449. The van der Waals surface area contributed by atoms with Crippen molar-refractivity contribution in [2.24, 2.45) is 0 Å². The largest absolute Gasteiger partial charge is 0.385 e. The smallest absolute Gasteiger partial charge is 0.229 e. The fraction of sp³-hybridized carbons (Fsp3) is 0.105. The summed E-state index contributed by atoms with van der Waals surface area (Å²) in [7, 11) is 0. The van der Waals surface area contributed by atoms with E-state index < -0.39 is 0 Å². The van der Waals surface area contributed by atoms with Crippen LogP contribution in [0, 0.1) is 5.41 Å². The number of benzene rings is 2. The van der Waals surface area contributed by atoms with Gasteiger partial charge in [-0.05, 0) is 53.2 Å². The van der Waals surface area contributed by atoms with Crippen molar-refractivity contribution >= 4 is 63.6 Å². The van der Waals surface area contributed by atoms with Crippen molar-refractivity contribution in [3.05, 3.63) is 58.7 Å². The molecule has 0 atom stereocenters. The Morgan fingerprint density at radius 2 is 1.96 bits per heavy atom. The molecule has 0 bridgehead atoms. The molecule has 1 aromatic heterocycles. The molecule has 138 valence electrons. The van der Waals surface area contributed by atoms with Gasteiger partial charge in [0.1, 0.15) is 5.82 Å². The molecule has 0 radical (unpaired) electrons. The molecular formula is C19H19BrN6S. The molecule has 0 aliphatic rings. The van der Waals surface area contributed by atoms with E-state index in [1.807, 2.05) is 49.4 Å². The Kier molecular flexibility index (Phi) is 6.31. The maximum absolute atomic E-state index is 7.60. The van der Waals surface area contributed by atoms with Crippen LogP contribution in [-0.2, 0) is 0 Å². The second-order valence-electron chi connectivity index (χ2n) is 5.63. The third kappa shape index (κ3) is 4.78. The number of hydrogen-bond donors (Lipinski definition) is 5. The van der Waals surface area contributed by atoms with Crippen LogP contribution in [0.25, 0.3) is 0 Å². The summed E-state index contributed by atoms with van der Waals surface area (Å²) < 4.78 is 0.743. The Hall–Kier alpha value is -2.58. The number of nitrogens with one attached hydrogen (secondary N) is 4. The summed E-state index contributed by atoms with van der Waals surface area (Å²) in [5.41, 5.74) is 3.37. The fourth-order valence-electron chi connectivity index (χ4n) is 2.46. The number of halogens is 1. The minimum Gasteiger partial charge on any atom is -0.385 e. The monoisotopic (exact) mass is 442 g/mol. The molecular weight excluding hydrogens is 424 g/mol. The van der Waals surface area contributed by atoms with Crippen molar-refractivity contribution in [1.82, 2.24) is 9.97 Å². The van der Waals surface area contributed by atoms with Gasteiger partial charge < -0.3 is 21.4 Å². The molecule has 8 heteroatoms. The van der Waals surface area contributed by atoms with E-state index >= 15 is 0 Å². The lowest BCUT2D eigenvalue weighted by Crippen LogP contribution is -2.04. The fourth-order valence-corrected chi connectivity index (χ4v) is 2.97. The number of aromatic nitrogens is 2. The Morgan fingerprint density at radius 3 is 2.70 bits per heavy atom. The number of nitrogens with zero attached hydrogens (tertiary/aromatic N) is 2. The molecule has 3 aromatic rings. The van der Waals surface area contributed by atoms with E-state index in [1.54, 1.807) is 6.20 Å². The summed E-state index contributed by atoms with van der Waals surface area (Å²) in [4.78, 5) is 9.67. The van der Waals surface area contributed by atoms with Crippen molar-refractivity contribution in [3.63, 3.8) is 0 Å². The van der Waals surface area contributed by atoms with Gasteiger partial charge in [0.25, 0.3) is 0 Å². The average molecular weight is 443 g/mol. The van der Waals surface area contributed by atoms with Crippen molar-refractivity contribution < 1.29 is 0 Å². The number of rotatable bonds is 7. The molecule has 0 amide bonds. The molecule has 6 nitrogen and oxygen atoms in total. The van der Waals surface area contributed by atoms with Gasteiger partial charge in [-0.25, -0.2) is 4.98 Å². The first-order valence-electron chi connectivity index (χ1n) is 8.33. The topological polar surface area (TPSA) is 85.7 Å². The van der Waals surface area contributed by atoms with Gasteiger partial charge in [0, 0.05) is 40.8 Å². The van der Waals surface area contributed by atoms with Gasteiger partial charge >= 0.3 is 0 Å². The summed E-state index contributed by atoms with van der Waals surface area (Å²) in [6.07, 6.45) is 3.01. The molecule has 0 saturated carbocycles. The lowest BCUT2D eigenvalue weighted by molar-refractivity contribution is 1.15. The predicted molar refractivity (Wildman–Crippen MR) is 118 cm³/mol. The molecule has 1 heterocycles. The lowest BCUT2D eigenvalue weighted by atomic mass is 10.1. The standard InChI is InChI=1S/C19H19BrN6S/c1-2-22-15-8-7-13(9-12(15)10-21)24-19-23-11-14(20)18(26-19)25-16-5-3-4-6-17(16)27/h3-11,21-22,27H,2H2,1H3,(H2,23,24,25,26). The number of anilines is 5. The summed E-state index contributed by atoms with van der Waals surface area (Å²) in [6, 6.07) is 13.4. The highest BCUT2D eigenvalue weighted by atomic mass is 79.9. The minimum atomic E-state index is 0.449. The van der Waals surface area contributed by atoms with Crippen molar-refractivity contribution in [3.8, 4) is 0 Å². The van der Waals surface area contributed by atoms with Gasteiger partial charge in [-0.3, -0.25) is 0 Å². The summed E-state index contributed by atoms with van der Waals surface area (Å²) >= 11 is 7.92. The molecule has 3 rings (SSSR count). The first kappa shape index (κ1) is 19.2. The van der Waals surface area contributed by atoms with E-state index in [1.165, 1.54) is 6.21 Å². The van der Waals surface area contributed by atoms with Crippen LogP contribution in [-0.4, -0.2) is 22.7 Å². The highest BCUT2D eigenvalue weighted by Crippen LogP contribution is 2.28. The molecule has 0 saturated heterocycles. The second kappa shape index (κ2) is 8.88. The highest BCUT2D eigenvalue weighted by molar-refractivity contribution is 9.10. The summed E-state index contributed by atoms with van der Waals surface area (Å²) in [5, 5.41) is 17.3. The van der Waals surface area contributed by atoms with Crippen molar-refractivity contribution in [2.45, 2.75) is 11.8 Å². The van der Waals surface area contributed by atoms with Gasteiger partial charge in [-0.2, -0.15) is 4.98 Å². The average Bonchev–Trinajstić information content (AvgIpc) is 2.67. The van der Waals surface area contributed by atoms with Gasteiger partial charge in [-0.1, -0.05) is 12.1 Å². The first-order valence-corrected chi connectivity index (χ1v) is 9.57. The van der Waals surface area contributed by atoms with Gasteiger partial charge in [0.2, 0.25) is 5.95 Å². The van der Waals surface area contributed by atoms with Crippen molar-refractivity contribution in [1.29, 1.82) is 5.41 Å². The molecule has 0 aliphatic carbocycles. The van der Waals surface area contributed by atoms with Crippen LogP contribution in [0.3, 0.4) is 0 Å². The van der Waals surface area contributed by atoms with Crippen LogP contribution >= 0.6 is 28.6 Å². The van der Waals surface area contributed by atoms with Gasteiger partial charge in [0.05, 0.1) is 10.2 Å². The Balaban J connectivity index is 1.84. The molecule has 0 fully saturated rings. The Morgan fingerprint density at radius 1 is 1.15 bits per heavy atom. The third-order valence-corrected chi connectivity index (χ3v) is 4.70. The maximum atomic E-state index is 7.60. The zero-order chi connectivity index (χ0) is 19.2. The number of para-hydroxylation sites is 1. The van der Waals surface area contributed by atoms with Crippen LogP contribution in [0.2, 0.25) is 0 Å². The van der Waals surface area contributed by atoms with Crippen LogP contribution in [0.1, 0.15) is 12.5 Å². The zero-order valence-electron chi connectivity index (χ0n) is 14.6. The summed E-state index contributed by atoms with van der Waals surface area (Å²) in [6.45, 7) is 2.82. The molecule has 0 aliphatic heterocycles. The normalized spacial score (nSPS) is 10.3. The molecule has 0 spiro atoms. The molecule has 4 N–H and O–H groups in total. The van der Waals surface area contributed by atoms with Crippen molar-refractivity contribution in [2.75, 3.05) is 22.5 Å². The van der Waals surface area contributed by atoms with Crippen LogP contribution in [0.5, 0.6) is 0 Å². The van der Waals surface area contributed by atoms with Crippen LogP contribution in [0.15, 0.2) is 58.0 Å². The van der Waals surface area contributed by atoms with E-state index in [0.29, 0.717) is 11.8 Å². The third-order valence-electron chi connectivity index (χ3n) is 3.73. The van der Waals surface area contributed by atoms with E-state index in [-0.39, 0.29) is 0 Å². The second-order valence-corrected chi connectivity index (χ2v) is 6.97. The summed E-state index contributed by atoms with van der Waals surface area (Å²) in [5.74, 6) is 1.08. The quantitative estimate of drug-likeness (QED) is 0.248. The number of hydrogen-bond acceptors (Lipinski definition) is 7. The van der Waals surface area contributed by atoms with Gasteiger partial charge in [0.15, 0.2) is 0 Å². The maximum Gasteiger partial charge on any atom is 0.229 e. The molecule has 2 aromatic carbocycles. The van der Waals surface area contributed by atoms with E-state index in [0.717, 1.165) is 38.5 Å². The SMILES string of the molecule is CCNc1ccc(Nc2ncc(Br)c(Nc3ccccc3S)n2)cc1C=N. The predicted octanol–water partition coefficient (Wildman–Crippen LogP) is 5.44. The van der Waals surface area contributed by atoms with Crippen LogP contribution in [0.4, 0.5) is 28.8 Å². The first-order chi connectivity index (χ1) is 13.1. The van der Waals surface area contributed by atoms with E-state index in [9.17, 15) is 0 Å². The lowest BCUT2D eigenvalue weighted by Gasteiger charge is -2.13. The van der Waals surface area contributed by atoms with E-state index in [2.05, 4.69) is 54.5 Å². The molecule has 27 heavy (non-hydrogen) atoms. The van der Waals surface area contributed by atoms with Gasteiger partial charge in [-0.15, -0.1) is 12.6 Å². The number of thiol groups is 1. The zero-order valence-corrected chi connectivity index (χ0v) is 17.1. The van der Waals surface area contributed by atoms with Crippen LogP contribution < -0.4 is 16.0 Å². The Bertz CT molecular complexity index is 963. The molecule has 0 unspecified atom stereocenters.